The summed E-state index contributed by atoms with van der Waals surface area (Å²) in [5, 5.41) is 34.0. The van der Waals surface area contributed by atoms with Crippen molar-refractivity contribution in [3.05, 3.63) is 64.5 Å². The van der Waals surface area contributed by atoms with Crippen molar-refractivity contribution >= 4 is 28.9 Å². The zero-order valence-corrected chi connectivity index (χ0v) is 13.7. The van der Waals surface area contributed by atoms with Crippen LogP contribution in [0.3, 0.4) is 0 Å². The molecule has 0 aliphatic heterocycles. The first kappa shape index (κ1) is 19.0. The molecular formula is C16H14N7O4-. The Hall–Kier alpha value is -4.33. The second-order valence-corrected chi connectivity index (χ2v) is 5.11. The van der Waals surface area contributed by atoms with E-state index in [-0.39, 0.29) is 22.7 Å². The zero-order valence-electron chi connectivity index (χ0n) is 13.7. The second kappa shape index (κ2) is 8.67. The van der Waals surface area contributed by atoms with Crippen molar-refractivity contribution in [1.82, 2.24) is 16.3 Å². The Morgan fingerprint density at radius 3 is 2.41 bits per heavy atom. The Morgan fingerprint density at radius 2 is 1.81 bits per heavy atom. The van der Waals surface area contributed by atoms with Gasteiger partial charge in [-0.05, 0) is 24.3 Å². The van der Waals surface area contributed by atoms with Crippen LogP contribution in [0.5, 0.6) is 0 Å². The highest BCUT2D eigenvalue weighted by Gasteiger charge is 2.18. The number of nitrogens with one attached hydrogen (secondary N) is 3. The lowest BCUT2D eigenvalue weighted by molar-refractivity contribution is -0.377. The summed E-state index contributed by atoms with van der Waals surface area (Å²) in [7, 11) is 0. The third kappa shape index (κ3) is 5.07. The number of hydrazine groups is 1. The molecule has 1 aliphatic rings. The van der Waals surface area contributed by atoms with E-state index in [9.17, 15) is 20.0 Å². The van der Waals surface area contributed by atoms with Crippen LogP contribution < -0.4 is 22.0 Å². The summed E-state index contributed by atoms with van der Waals surface area (Å²) < 4.78 is 0. The van der Waals surface area contributed by atoms with E-state index in [1.54, 1.807) is 18.2 Å². The molecule has 0 unspecified atom stereocenters. The molecule has 27 heavy (non-hydrogen) atoms. The minimum Gasteiger partial charge on any atom is -0.612 e. The first-order chi connectivity index (χ1) is 12.9. The molecule has 1 aliphatic carbocycles. The molecular weight excluding hydrogens is 354 g/mol. The summed E-state index contributed by atoms with van der Waals surface area (Å²) in [6.07, 6.45) is 5.15. The van der Waals surface area contributed by atoms with Crippen LogP contribution in [0, 0.1) is 21.7 Å². The number of rotatable bonds is 4. The quantitative estimate of drug-likeness (QED) is 0.238. The number of hydrogen-bond acceptors (Lipinski definition) is 8. The van der Waals surface area contributed by atoms with Crippen LogP contribution in [-0.4, -0.2) is 34.2 Å². The molecule has 0 heterocycles. The van der Waals surface area contributed by atoms with Gasteiger partial charge in [0.15, 0.2) is 0 Å². The Balaban J connectivity index is 1.92. The van der Waals surface area contributed by atoms with Crippen LogP contribution >= 0.6 is 0 Å². The van der Waals surface area contributed by atoms with Crippen molar-refractivity contribution in [1.29, 1.82) is 5.26 Å². The fraction of sp³-hybridized carbons (Fsp3) is 0.0625. The van der Waals surface area contributed by atoms with Gasteiger partial charge in [-0.1, -0.05) is 12.1 Å². The van der Waals surface area contributed by atoms with E-state index >= 15 is 0 Å². The fourth-order valence-electron chi connectivity index (χ4n) is 1.90. The molecule has 0 bridgehead atoms. The third-order valence-corrected chi connectivity index (χ3v) is 3.28. The van der Waals surface area contributed by atoms with E-state index in [4.69, 9.17) is 11.0 Å². The summed E-state index contributed by atoms with van der Waals surface area (Å²) in [5.41, 5.74) is 12.8. The molecule has 1 atom stereocenters. The lowest BCUT2D eigenvalue weighted by Crippen LogP contribution is -2.49. The molecule has 1 aromatic carbocycles. The highest BCUT2D eigenvalue weighted by Crippen LogP contribution is 2.09. The van der Waals surface area contributed by atoms with Crippen molar-refractivity contribution in [3.63, 3.8) is 0 Å². The first-order valence-electron chi connectivity index (χ1n) is 7.47. The number of carbonyl (C=O) groups excluding carboxylic acids is 2. The molecule has 0 radical (unpaired) electrons. The maximum absolute atomic E-state index is 12.0. The number of allylic oxidation sites excluding steroid dienone is 4. The van der Waals surface area contributed by atoms with Gasteiger partial charge in [0, 0.05) is 17.8 Å². The number of nitrogens with zero attached hydrogens (tertiary/aromatic N) is 3. The summed E-state index contributed by atoms with van der Waals surface area (Å²) in [5.74, 6) is -1.50. The normalized spacial score (nSPS) is 13.3. The molecule has 138 valence electrons. The molecule has 11 heteroatoms. The number of carbonyl (C=O) groups is 2. The predicted molar refractivity (Wildman–Crippen MR) is 96.7 cm³/mol. The van der Waals surface area contributed by atoms with E-state index in [2.05, 4.69) is 21.4 Å². The van der Waals surface area contributed by atoms with Gasteiger partial charge in [-0.15, -0.1) is 0 Å². The van der Waals surface area contributed by atoms with Gasteiger partial charge >= 0.3 is 0 Å². The van der Waals surface area contributed by atoms with Crippen molar-refractivity contribution in [3.8, 4) is 6.07 Å². The number of nitrogen functional groups attached to an aromatic ring is 1. The van der Waals surface area contributed by atoms with Gasteiger partial charge in [0.05, 0.1) is 17.3 Å². The molecule has 0 saturated heterocycles. The number of nitriles is 1. The predicted octanol–water partition coefficient (Wildman–Crippen LogP) is -0.557. The van der Waals surface area contributed by atoms with Gasteiger partial charge in [0.25, 0.3) is 11.8 Å². The SMILES string of the molecule is N#C[C@@H](NN=C1C=CC(=[N+]([O-])[O-])C=C1)C(=O)NNC(=O)c1ccccc1N. The van der Waals surface area contributed by atoms with Crippen LogP contribution in [-0.2, 0) is 4.79 Å². The van der Waals surface area contributed by atoms with Crippen LogP contribution in [0.4, 0.5) is 5.69 Å². The van der Waals surface area contributed by atoms with Crippen LogP contribution in [0.15, 0.2) is 53.7 Å². The Bertz CT molecular complexity index is 890. The van der Waals surface area contributed by atoms with E-state index in [1.165, 1.54) is 36.4 Å². The molecule has 11 nitrogen and oxygen atoms in total. The third-order valence-electron chi connectivity index (χ3n) is 3.28. The lowest BCUT2D eigenvalue weighted by Gasteiger charge is -2.12. The number of amides is 2. The van der Waals surface area contributed by atoms with Crippen molar-refractivity contribution in [2.24, 2.45) is 5.10 Å². The highest BCUT2D eigenvalue weighted by molar-refractivity contribution is 6.16. The van der Waals surface area contributed by atoms with Gasteiger partial charge in [0.1, 0.15) is 0 Å². The number of hydrogen-bond donors (Lipinski definition) is 4. The average Bonchev–Trinajstić information content (AvgIpc) is 2.67. The molecule has 2 rings (SSSR count). The fourth-order valence-corrected chi connectivity index (χ4v) is 1.90. The minimum absolute atomic E-state index is 0.119. The highest BCUT2D eigenvalue weighted by atomic mass is 16.8. The molecule has 0 saturated carbocycles. The molecule has 0 spiro atoms. The van der Waals surface area contributed by atoms with Crippen LogP contribution in [0.2, 0.25) is 0 Å². The monoisotopic (exact) mass is 368 g/mol. The number of para-hydroxylation sites is 1. The molecule has 1 aromatic rings. The second-order valence-electron chi connectivity index (χ2n) is 5.11. The zero-order chi connectivity index (χ0) is 19.8. The Kier molecular flexibility index (Phi) is 6.10. The largest absolute Gasteiger partial charge is 0.612 e. The minimum atomic E-state index is -1.41. The van der Waals surface area contributed by atoms with Gasteiger partial charge in [-0.2, -0.15) is 15.3 Å². The number of hydrazone groups is 1. The molecule has 0 fully saturated rings. The Morgan fingerprint density at radius 1 is 1.15 bits per heavy atom. The summed E-state index contributed by atoms with van der Waals surface area (Å²) in [6, 6.07) is 6.53. The van der Waals surface area contributed by atoms with Gasteiger partial charge in [-0.25, -0.2) is 0 Å². The molecule has 0 aromatic heterocycles. The van der Waals surface area contributed by atoms with Crippen molar-refractivity contribution in [2.45, 2.75) is 6.04 Å². The topological polar surface area (TPSA) is 182 Å². The standard InChI is InChI=1S/C16H14N7O4/c17-9-14(20-19-10-5-7-11(8-6-10)23(26)27)16(25)22-21-15(24)12-3-1-2-4-13(12)18/h1-8,14,20H,(H4-,18,19,21,22,24,25,26,27)/q-1/t14-/m1/s1. The van der Waals surface area contributed by atoms with E-state index in [1.807, 2.05) is 0 Å². The number of anilines is 1. The summed E-state index contributed by atoms with van der Waals surface area (Å²) in [4.78, 5) is 23.4. The summed E-state index contributed by atoms with van der Waals surface area (Å²) >= 11 is 0. The first-order valence-corrected chi connectivity index (χ1v) is 7.47. The molecule has 5 N–H and O–H groups in total. The van der Waals surface area contributed by atoms with E-state index in [0.717, 1.165) is 0 Å². The van der Waals surface area contributed by atoms with Crippen molar-refractivity contribution < 1.29 is 14.5 Å². The van der Waals surface area contributed by atoms with Gasteiger partial charge in [0.2, 0.25) is 11.8 Å². The number of benzene rings is 1. The van der Waals surface area contributed by atoms with Gasteiger partial charge < -0.3 is 16.1 Å². The van der Waals surface area contributed by atoms with Gasteiger partial charge in [-0.3, -0.25) is 25.9 Å². The summed E-state index contributed by atoms with van der Waals surface area (Å²) in [6.45, 7) is 0. The van der Waals surface area contributed by atoms with E-state index in [0.29, 0.717) is 0 Å². The van der Waals surface area contributed by atoms with Crippen LogP contribution in [0.1, 0.15) is 10.4 Å². The molecule has 2 amide bonds. The smallest absolute Gasteiger partial charge is 0.277 e. The maximum atomic E-state index is 12.0. The van der Waals surface area contributed by atoms with Crippen LogP contribution in [0.25, 0.3) is 0 Å². The van der Waals surface area contributed by atoms with E-state index < -0.39 is 22.8 Å². The average molecular weight is 368 g/mol. The van der Waals surface area contributed by atoms with Crippen molar-refractivity contribution in [2.75, 3.05) is 5.73 Å². The lowest BCUT2D eigenvalue weighted by atomic mass is 10.1. The number of nitrogens with two attached hydrogens (primary N) is 1. The maximum Gasteiger partial charge on any atom is 0.277 e. The Labute approximate surface area is 153 Å².